The van der Waals surface area contributed by atoms with Crippen LogP contribution in [0.15, 0.2) is 77.4 Å². The minimum atomic E-state index is -0.638. The number of pyridine rings is 2. The summed E-state index contributed by atoms with van der Waals surface area (Å²) in [7, 11) is 3.04. The van der Waals surface area contributed by atoms with E-state index in [4.69, 9.17) is 14.2 Å². The SMILES string of the molecule is COc1cc2ncnc(Oc3ccc(Nc4nccc5[nH]cc(-c6cccs6)c(=O)c45)cc3F)c2cc1OC. The number of nitrogens with one attached hydrogen (secondary N) is 2. The van der Waals surface area contributed by atoms with E-state index in [1.54, 1.807) is 36.7 Å². The number of hydrogen-bond acceptors (Lipinski definition) is 9. The summed E-state index contributed by atoms with van der Waals surface area (Å²) in [6, 6.07) is 13.2. The van der Waals surface area contributed by atoms with Crippen LogP contribution in [0.5, 0.6) is 23.1 Å². The van der Waals surface area contributed by atoms with Crippen LogP contribution in [0.2, 0.25) is 0 Å². The van der Waals surface area contributed by atoms with Crippen molar-refractivity contribution in [2.45, 2.75) is 0 Å². The van der Waals surface area contributed by atoms with E-state index in [2.05, 4.69) is 25.3 Å². The van der Waals surface area contributed by atoms with Crippen molar-refractivity contribution in [2.24, 2.45) is 0 Å². The Bertz CT molecular complexity index is 1890. The lowest BCUT2D eigenvalue weighted by Gasteiger charge is -2.13. The van der Waals surface area contributed by atoms with Gasteiger partial charge >= 0.3 is 0 Å². The topological polar surface area (TPSA) is 111 Å². The minimum absolute atomic E-state index is 0.0426. The summed E-state index contributed by atoms with van der Waals surface area (Å²) in [5.74, 6) is 0.746. The van der Waals surface area contributed by atoms with E-state index in [0.717, 1.165) is 4.88 Å². The Balaban J connectivity index is 1.33. The Morgan fingerprint density at radius 1 is 0.974 bits per heavy atom. The molecule has 0 aliphatic carbocycles. The third-order valence-electron chi connectivity index (χ3n) is 6.09. The fourth-order valence-corrected chi connectivity index (χ4v) is 4.95. The summed E-state index contributed by atoms with van der Waals surface area (Å²) in [6.45, 7) is 0. The molecule has 6 rings (SSSR count). The van der Waals surface area contributed by atoms with Crippen molar-refractivity contribution in [3.63, 3.8) is 0 Å². The van der Waals surface area contributed by atoms with Gasteiger partial charge in [-0.3, -0.25) is 4.79 Å². The van der Waals surface area contributed by atoms with Gasteiger partial charge in [0.15, 0.2) is 23.1 Å². The normalized spacial score (nSPS) is 11.1. The molecule has 0 amide bonds. The van der Waals surface area contributed by atoms with E-state index in [9.17, 15) is 4.79 Å². The molecule has 4 aromatic heterocycles. The molecular formula is C28H20FN5O4S. The molecule has 0 atom stereocenters. The first kappa shape index (κ1) is 24.3. The highest BCUT2D eigenvalue weighted by molar-refractivity contribution is 7.13. The van der Waals surface area contributed by atoms with Crippen molar-refractivity contribution in [3.8, 4) is 33.6 Å². The van der Waals surface area contributed by atoms with E-state index in [0.29, 0.717) is 50.4 Å². The van der Waals surface area contributed by atoms with Gasteiger partial charge in [0.25, 0.3) is 0 Å². The predicted octanol–water partition coefficient (Wildman–Crippen LogP) is 6.29. The quantitative estimate of drug-likeness (QED) is 0.243. The number of ether oxygens (including phenoxy) is 3. The fourth-order valence-electron chi connectivity index (χ4n) is 4.21. The monoisotopic (exact) mass is 541 g/mol. The molecule has 2 N–H and O–H groups in total. The highest BCUT2D eigenvalue weighted by Crippen LogP contribution is 2.37. The first-order valence-electron chi connectivity index (χ1n) is 11.7. The van der Waals surface area contributed by atoms with E-state index in [-0.39, 0.29) is 17.1 Å². The zero-order chi connectivity index (χ0) is 26.9. The Morgan fingerprint density at radius 3 is 2.59 bits per heavy atom. The molecular weight excluding hydrogens is 521 g/mol. The molecule has 0 saturated heterocycles. The Kier molecular flexibility index (Phi) is 6.25. The van der Waals surface area contributed by atoms with Crippen molar-refractivity contribution in [1.82, 2.24) is 19.9 Å². The predicted molar refractivity (Wildman–Crippen MR) is 148 cm³/mol. The van der Waals surface area contributed by atoms with E-state index < -0.39 is 5.82 Å². The zero-order valence-corrected chi connectivity index (χ0v) is 21.5. The summed E-state index contributed by atoms with van der Waals surface area (Å²) in [5, 5.41) is 5.88. The average molecular weight is 542 g/mol. The van der Waals surface area contributed by atoms with Crippen LogP contribution >= 0.6 is 11.3 Å². The van der Waals surface area contributed by atoms with Crippen LogP contribution in [0.25, 0.3) is 32.2 Å². The van der Waals surface area contributed by atoms with Crippen molar-refractivity contribution in [1.29, 1.82) is 0 Å². The van der Waals surface area contributed by atoms with Crippen molar-refractivity contribution in [3.05, 3.63) is 88.7 Å². The molecule has 0 radical (unpaired) electrons. The number of thiophene rings is 1. The summed E-state index contributed by atoms with van der Waals surface area (Å²) < 4.78 is 31.7. The summed E-state index contributed by atoms with van der Waals surface area (Å²) in [6.07, 6.45) is 4.59. The second-order valence-electron chi connectivity index (χ2n) is 8.37. The number of fused-ring (bicyclic) bond motifs is 2. The maximum atomic E-state index is 15.2. The molecule has 0 aliphatic heterocycles. The van der Waals surface area contributed by atoms with Gasteiger partial charge in [0.05, 0.1) is 41.6 Å². The molecule has 9 nitrogen and oxygen atoms in total. The minimum Gasteiger partial charge on any atom is -0.493 e. The van der Waals surface area contributed by atoms with Gasteiger partial charge in [-0.05, 0) is 35.7 Å². The number of hydrogen-bond donors (Lipinski definition) is 2. The molecule has 0 saturated carbocycles. The molecule has 6 aromatic rings. The lowest BCUT2D eigenvalue weighted by molar-refractivity contribution is 0.355. The van der Waals surface area contributed by atoms with Crippen LogP contribution in [-0.2, 0) is 0 Å². The molecule has 0 spiro atoms. The van der Waals surface area contributed by atoms with Gasteiger partial charge in [0.2, 0.25) is 11.3 Å². The van der Waals surface area contributed by atoms with E-state index in [1.165, 1.54) is 44.0 Å². The van der Waals surface area contributed by atoms with Gasteiger partial charge in [-0.2, -0.15) is 0 Å². The van der Waals surface area contributed by atoms with Gasteiger partial charge in [-0.25, -0.2) is 19.3 Å². The number of anilines is 2. The average Bonchev–Trinajstić information content (AvgIpc) is 3.49. The largest absolute Gasteiger partial charge is 0.493 e. The van der Waals surface area contributed by atoms with Gasteiger partial charge < -0.3 is 24.5 Å². The molecule has 0 fully saturated rings. The Morgan fingerprint density at radius 2 is 1.82 bits per heavy atom. The van der Waals surface area contributed by atoms with Crippen LogP contribution in [0.4, 0.5) is 15.9 Å². The van der Waals surface area contributed by atoms with Crippen LogP contribution in [0.3, 0.4) is 0 Å². The van der Waals surface area contributed by atoms with Crippen LogP contribution < -0.4 is 25.0 Å². The number of aromatic amines is 1. The second kappa shape index (κ2) is 10.0. The third-order valence-corrected chi connectivity index (χ3v) is 6.99. The molecule has 0 bridgehead atoms. The number of H-pyrrole nitrogens is 1. The zero-order valence-electron chi connectivity index (χ0n) is 20.7. The summed E-state index contributed by atoms with van der Waals surface area (Å²) in [5.41, 5.74) is 1.91. The van der Waals surface area contributed by atoms with Gasteiger partial charge in [0, 0.05) is 35.1 Å². The van der Waals surface area contributed by atoms with E-state index >= 15 is 4.39 Å². The van der Waals surface area contributed by atoms with E-state index in [1.807, 2.05) is 17.5 Å². The molecule has 0 aliphatic rings. The number of halogens is 1. The van der Waals surface area contributed by atoms with Gasteiger partial charge in [-0.1, -0.05) is 6.07 Å². The molecule has 4 heterocycles. The molecule has 0 unspecified atom stereocenters. The first-order valence-corrected chi connectivity index (χ1v) is 12.6. The first-order chi connectivity index (χ1) is 19.1. The number of nitrogens with zero attached hydrogens (tertiary/aromatic N) is 3. The summed E-state index contributed by atoms with van der Waals surface area (Å²) >= 11 is 1.47. The highest BCUT2D eigenvalue weighted by Gasteiger charge is 2.16. The van der Waals surface area contributed by atoms with Crippen LogP contribution in [0.1, 0.15) is 0 Å². The van der Waals surface area contributed by atoms with Crippen LogP contribution in [0, 0.1) is 5.82 Å². The maximum Gasteiger partial charge on any atom is 0.230 e. The smallest absolute Gasteiger partial charge is 0.230 e. The van der Waals surface area contributed by atoms with Gasteiger partial charge in [0.1, 0.15) is 12.1 Å². The molecule has 39 heavy (non-hydrogen) atoms. The number of rotatable bonds is 7. The Hall–Kier alpha value is -5.03. The number of benzene rings is 2. The lowest BCUT2D eigenvalue weighted by atomic mass is 10.1. The second-order valence-corrected chi connectivity index (χ2v) is 9.31. The molecule has 194 valence electrons. The molecule has 2 aromatic carbocycles. The summed E-state index contributed by atoms with van der Waals surface area (Å²) in [4.78, 5) is 30.1. The van der Waals surface area contributed by atoms with Crippen LogP contribution in [-0.4, -0.2) is 34.2 Å². The number of methoxy groups -OCH3 is 2. The van der Waals surface area contributed by atoms with Crippen molar-refractivity contribution < 1.29 is 18.6 Å². The highest BCUT2D eigenvalue weighted by atomic mass is 32.1. The van der Waals surface area contributed by atoms with Gasteiger partial charge in [-0.15, -0.1) is 11.3 Å². The standard InChI is InChI=1S/C28H20FN5O4S/c1-36-22-11-16-20(12-23(22)37-2)32-14-33-28(16)38-21-6-5-15(10-18(21)29)34-27-25-19(7-8-30-27)31-13-17(26(25)35)24-4-3-9-39-24/h3-14H,1-2H3,(H,30,34)(H,31,35). The number of aromatic nitrogens is 4. The third kappa shape index (κ3) is 4.48. The van der Waals surface area contributed by atoms with Crippen molar-refractivity contribution in [2.75, 3.05) is 19.5 Å². The molecule has 11 heteroatoms. The lowest BCUT2D eigenvalue weighted by Crippen LogP contribution is -2.09. The Labute approximate surface area is 224 Å². The van der Waals surface area contributed by atoms with Crippen molar-refractivity contribution >= 4 is 44.6 Å². The fraction of sp³-hybridized carbons (Fsp3) is 0.0714. The maximum absolute atomic E-state index is 15.2.